The fourth-order valence-electron chi connectivity index (χ4n) is 3.36. The Morgan fingerprint density at radius 2 is 1.80 bits per heavy atom. The second-order valence-electron chi connectivity index (χ2n) is 6.91. The molecule has 10 heteroatoms. The number of nitrogens with zero attached hydrogens (tertiary/aromatic N) is 1. The lowest BCUT2D eigenvalue weighted by Crippen LogP contribution is -2.28. The van der Waals surface area contributed by atoms with Crippen molar-refractivity contribution in [2.45, 2.75) is 12.6 Å². The van der Waals surface area contributed by atoms with Gasteiger partial charge in [-0.05, 0) is 30.3 Å². The molecule has 1 saturated heterocycles. The van der Waals surface area contributed by atoms with E-state index >= 15 is 0 Å². The van der Waals surface area contributed by atoms with Gasteiger partial charge in [-0.1, -0.05) is 0 Å². The van der Waals surface area contributed by atoms with Crippen LogP contribution in [0.4, 0.5) is 28.9 Å². The van der Waals surface area contributed by atoms with Crippen LogP contribution >= 0.6 is 0 Å². The third kappa shape index (κ3) is 3.89. The van der Waals surface area contributed by atoms with E-state index in [0.29, 0.717) is 48.6 Å². The summed E-state index contributed by atoms with van der Waals surface area (Å²) in [5, 5.41) is 2.17. The van der Waals surface area contributed by atoms with Gasteiger partial charge in [0, 0.05) is 24.7 Å². The lowest BCUT2D eigenvalue weighted by Gasteiger charge is -2.22. The molecule has 0 radical (unpaired) electrons. The van der Waals surface area contributed by atoms with E-state index in [1.807, 2.05) is 0 Å². The van der Waals surface area contributed by atoms with Gasteiger partial charge >= 0.3 is 6.18 Å². The van der Waals surface area contributed by atoms with Crippen molar-refractivity contribution >= 4 is 23.2 Å². The van der Waals surface area contributed by atoms with Crippen molar-refractivity contribution in [2.75, 3.05) is 30.0 Å². The van der Waals surface area contributed by atoms with Crippen molar-refractivity contribution in [2.24, 2.45) is 5.92 Å². The smallest absolute Gasteiger partial charge is 0.416 e. The number of carbonyl (C=O) groups is 2. The largest absolute Gasteiger partial charge is 0.486 e. The number of nitrogens with one attached hydrogen (secondary N) is 1. The van der Waals surface area contributed by atoms with E-state index in [0.717, 1.165) is 0 Å². The molecule has 2 amide bonds. The van der Waals surface area contributed by atoms with E-state index in [2.05, 4.69) is 5.32 Å². The third-order valence-corrected chi connectivity index (χ3v) is 4.88. The van der Waals surface area contributed by atoms with Gasteiger partial charge in [0.1, 0.15) is 19.0 Å². The van der Waals surface area contributed by atoms with Gasteiger partial charge in [-0.3, -0.25) is 9.59 Å². The van der Waals surface area contributed by atoms with Gasteiger partial charge < -0.3 is 19.7 Å². The van der Waals surface area contributed by atoms with Crippen LogP contribution in [0.5, 0.6) is 11.5 Å². The van der Waals surface area contributed by atoms with Crippen LogP contribution in [-0.4, -0.2) is 31.6 Å². The maximum atomic E-state index is 13.9. The highest BCUT2D eigenvalue weighted by atomic mass is 19.4. The molecule has 0 saturated carbocycles. The van der Waals surface area contributed by atoms with Gasteiger partial charge in [0.05, 0.1) is 17.2 Å². The molecule has 30 heavy (non-hydrogen) atoms. The Morgan fingerprint density at radius 1 is 1.07 bits per heavy atom. The first-order valence-corrected chi connectivity index (χ1v) is 9.10. The first-order chi connectivity index (χ1) is 14.2. The normalized spacial score (nSPS) is 18.5. The summed E-state index contributed by atoms with van der Waals surface area (Å²) in [6, 6.07) is 6.69. The van der Waals surface area contributed by atoms with Crippen molar-refractivity contribution in [1.82, 2.24) is 0 Å². The Kier molecular flexibility index (Phi) is 5.00. The van der Waals surface area contributed by atoms with E-state index in [-0.39, 0.29) is 18.9 Å². The topological polar surface area (TPSA) is 67.9 Å². The summed E-state index contributed by atoms with van der Waals surface area (Å²) in [6.45, 7) is 0.798. The van der Waals surface area contributed by atoms with E-state index in [9.17, 15) is 27.2 Å². The van der Waals surface area contributed by atoms with Crippen LogP contribution in [0.3, 0.4) is 0 Å². The van der Waals surface area contributed by atoms with E-state index in [1.165, 1.54) is 4.90 Å². The number of rotatable bonds is 3. The molecule has 0 bridgehead atoms. The quantitative estimate of drug-likeness (QED) is 0.765. The molecule has 2 aromatic rings. The predicted molar refractivity (Wildman–Crippen MR) is 97.9 cm³/mol. The Bertz CT molecular complexity index is 1010. The minimum atomic E-state index is -4.68. The molecule has 1 N–H and O–H groups in total. The number of hydrogen-bond acceptors (Lipinski definition) is 4. The van der Waals surface area contributed by atoms with Gasteiger partial charge in [-0.25, -0.2) is 4.39 Å². The molecule has 2 aromatic carbocycles. The summed E-state index contributed by atoms with van der Waals surface area (Å²) in [6.07, 6.45) is -4.83. The van der Waals surface area contributed by atoms with Crippen molar-refractivity contribution < 1.29 is 36.6 Å². The zero-order valence-corrected chi connectivity index (χ0v) is 15.5. The maximum absolute atomic E-state index is 13.9. The number of fused-ring (bicyclic) bond motifs is 1. The number of carbonyl (C=O) groups excluding carboxylic acids is 2. The van der Waals surface area contributed by atoms with E-state index in [4.69, 9.17) is 9.47 Å². The fraction of sp³-hybridized carbons (Fsp3) is 0.300. The minimum Gasteiger partial charge on any atom is -0.486 e. The molecule has 1 unspecified atom stereocenters. The van der Waals surface area contributed by atoms with Crippen molar-refractivity contribution in [3.8, 4) is 11.5 Å². The number of hydrogen-bond donors (Lipinski definition) is 1. The molecule has 4 rings (SSSR count). The lowest BCUT2D eigenvalue weighted by atomic mass is 10.1. The van der Waals surface area contributed by atoms with Crippen LogP contribution in [0.1, 0.15) is 12.0 Å². The van der Waals surface area contributed by atoms with Gasteiger partial charge in [-0.2, -0.15) is 13.2 Å². The van der Waals surface area contributed by atoms with Gasteiger partial charge in [0.15, 0.2) is 11.5 Å². The molecular formula is C20H16F4N2O4. The zero-order chi connectivity index (χ0) is 21.5. The summed E-state index contributed by atoms with van der Waals surface area (Å²) in [5.74, 6) is -1.89. The Labute approximate surface area is 168 Å². The molecular weight excluding hydrogens is 408 g/mol. The molecule has 1 fully saturated rings. The zero-order valence-electron chi connectivity index (χ0n) is 15.5. The standard InChI is InChI=1S/C20H16F4N2O4/c21-14-3-1-12(20(22,23)24)8-15(14)25-19(28)11-7-18(27)26(10-11)13-2-4-16-17(9-13)30-6-5-29-16/h1-4,8-9,11H,5-7,10H2,(H,25,28). The summed E-state index contributed by atoms with van der Waals surface area (Å²) >= 11 is 0. The van der Waals surface area contributed by atoms with Crippen molar-refractivity contribution in [3.05, 3.63) is 47.8 Å². The molecule has 2 aliphatic heterocycles. The molecule has 0 spiro atoms. The average molecular weight is 424 g/mol. The Balaban J connectivity index is 1.49. The summed E-state index contributed by atoms with van der Waals surface area (Å²) in [7, 11) is 0. The van der Waals surface area contributed by atoms with Gasteiger partial charge in [0.2, 0.25) is 11.8 Å². The molecule has 0 aromatic heterocycles. The SMILES string of the molecule is O=C(Nc1cc(C(F)(F)F)ccc1F)C1CC(=O)N(c2ccc3c(c2)OCCO3)C1. The van der Waals surface area contributed by atoms with Crippen LogP contribution in [0.2, 0.25) is 0 Å². The van der Waals surface area contributed by atoms with Crippen molar-refractivity contribution in [3.63, 3.8) is 0 Å². The highest BCUT2D eigenvalue weighted by Crippen LogP contribution is 2.36. The molecule has 2 aliphatic rings. The summed E-state index contributed by atoms with van der Waals surface area (Å²) in [5.41, 5.74) is -1.16. The monoisotopic (exact) mass is 424 g/mol. The number of ether oxygens (including phenoxy) is 2. The molecule has 2 heterocycles. The minimum absolute atomic E-state index is 0.00485. The molecule has 0 aliphatic carbocycles. The van der Waals surface area contributed by atoms with Gasteiger partial charge in [0.25, 0.3) is 0 Å². The van der Waals surface area contributed by atoms with E-state index in [1.54, 1.807) is 18.2 Å². The highest BCUT2D eigenvalue weighted by molar-refractivity contribution is 6.03. The maximum Gasteiger partial charge on any atom is 0.416 e. The average Bonchev–Trinajstić information content (AvgIpc) is 3.10. The lowest BCUT2D eigenvalue weighted by molar-refractivity contribution is -0.137. The van der Waals surface area contributed by atoms with Crippen LogP contribution in [0.25, 0.3) is 0 Å². The van der Waals surface area contributed by atoms with Crippen LogP contribution < -0.4 is 19.7 Å². The van der Waals surface area contributed by atoms with Gasteiger partial charge in [-0.15, -0.1) is 0 Å². The number of halogens is 4. The number of benzene rings is 2. The van der Waals surface area contributed by atoms with E-state index < -0.39 is 35.1 Å². The van der Waals surface area contributed by atoms with Crippen LogP contribution in [0, 0.1) is 11.7 Å². The first-order valence-electron chi connectivity index (χ1n) is 9.10. The molecule has 1 atom stereocenters. The molecule has 158 valence electrons. The predicted octanol–water partition coefficient (Wildman–Crippen LogP) is 3.61. The van der Waals surface area contributed by atoms with Crippen molar-refractivity contribution in [1.29, 1.82) is 0 Å². The second kappa shape index (κ2) is 7.51. The fourth-order valence-corrected chi connectivity index (χ4v) is 3.36. The first kappa shape index (κ1) is 20.0. The Morgan fingerprint density at radius 3 is 2.53 bits per heavy atom. The third-order valence-electron chi connectivity index (χ3n) is 4.88. The van der Waals surface area contributed by atoms with Crippen LogP contribution in [0.15, 0.2) is 36.4 Å². The summed E-state index contributed by atoms with van der Waals surface area (Å²) < 4.78 is 63.3. The second-order valence-corrected chi connectivity index (χ2v) is 6.91. The Hall–Kier alpha value is -3.30. The highest BCUT2D eigenvalue weighted by Gasteiger charge is 2.36. The van der Waals surface area contributed by atoms with Crippen LogP contribution in [-0.2, 0) is 15.8 Å². The number of anilines is 2. The number of alkyl halides is 3. The molecule has 6 nitrogen and oxygen atoms in total. The number of amides is 2. The summed E-state index contributed by atoms with van der Waals surface area (Å²) in [4.78, 5) is 26.3.